The maximum atomic E-state index is 14.8. The van der Waals surface area contributed by atoms with Crippen molar-refractivity contribution in [2.75, 3.05) is 14.2 Å². The highest BCUT2D eigenvalue weighted by Gasteiger charge is 2.81. The fourth-order valence-electron chi connectivity index (χ4n) is 3.13. The van der Waals surface area contributed by atoms with Gasteiger partial charge in [0, 0.05) is 22.3 Å². The van der Waals surface area contributed by atoms with Crippen LogP contribution in [0.2, 0.25) is 0 Å². The van der Waals surface area contributed by atoms with E-state index < -0.39 is 40.0 Å². The molecule has 0 aromatic carbocycles. The van der Waals surface area contributed by atoms with E-state index in [0.29, 0.717) is 0 Å². The van der Waals surface area contributed by atoms with Gasteiger partial charge in [0.05, 0.1) is 14.2 Å². The Labute approximate surface area is 159 Å². The van der Waals surface area contributed by atoms with Crippen LogP contribution in [0.15, 0.2) is 10.8 Å². The van der Waals surface area contributed by atoms with E-state index in [1.807, 2.05) is 0 Å². The summed E-state index contributed by atoms with van der Waals surface area (Å²) in [4.78, 5) is 0. The lowest BCUT2D eigenvalue weighted by atomic mass is 9.93. The number of allylic oxidation sites excluding steroid dienone is 2. The van der Waals surface area contributed by atoms with Gasteiger partial charge in [-0.1, -0.05) is 0 Å². The van der Waals surface area contributed by atoms with Crippen molar-refractivity contribution in [2.45, 2.75) is 31.6 Å². The molecule has 2 nitrogen and oxygen atoms in total. The second-order valence-corrected chi connectivity index (χ2v) is 7.73. The van der Waals surface area contributed by atoms with Gasteiger partial charge in [-0.3, -0.25) is 0 Å². The highest BCUT2D eigenvalue weighted by atomic mass is 32.1. The molecular formula is C17H14F6O2S2. The molecule has 27 heavy (non-hydrogen) atoms. The summed E-state index contributed by atoms with van der Waals surface area (Å²) < 4.78 is 97.7. The van der Waals surface area contributed by atoms with Crippen molar-refractivity contribution in [2.24, 2.45) is 0 Å². The zero-order valence-corrected chi connectivity index (χ0v) is 16.2. The molecule has 0 unspecified atom stereocenters. The number of halogens is 6. The Morgan fingerprint density at radius 1 is 0.704 bits per heavy atom. The van der Waals surface area contributed by atoms with Crippen LogP contribution in [0, 0.1) is 13.8 Å². The number of methoxy groups -OCH3 is 2. The van der Waals surface area contributed by atoms with Gasteiger partial charge in [0.25, 0.3) is 0 Å². The first-order valence-corrected chi connectivity index (χ1v) is 9.32. The molecule has 10 heteroatoms. The van der Waals surface area contributed by atoms with Gasteiger partial charge >= 0.3 is 17.8 Å². The molecule has 0 amide bonds. The van der Waals surface area contributed by atoms with Gasteiger partial charge in [-0.25, -0.2) is 0 Å². The minimum absolute atomic E-state index is 0.139. The van der Waals surface area contributed by atoms with Gasteiger partial charge in [-0.2, -0.15) is 26.3 Å². The number of hydrogen-bond acceptors (Lipinski definition) is 4. The zero-order chi connectivity index (χ0) is 20.4. The number of alkyl halides is 6. The first-order chi connectivity index (χ1) is 12.4. The highest BCUT2D eigenvalue weighted by molar-refractivity contribution is 7.12. The van der Waals surface area contributed by atoms with Gasteiger partial charge in [0.1, 0.15) is 0 Å². The quantitative estimate of drug-likeness (QED) is 0.534. The minimum Gasteiger partial charge on any atom is -0.487 e. The van der Waals surface area contributed by atoms with Crippen molar-refractivity contribution < 1.29 is 35.8 Å². The molecule has 0 spiro atoms. The van der Waals surface area contributed by atoms with Crippen LogP contribution < -0.4 is 9.47 Å². The van der Waals surface area contributed by atoms with Crippen molar-refractivity contribution in [3.8, 4) is 10.1 Å². The summed E-state index contributed by atoms with van der Waals surface area (Å²) in [6.45, 7) is 2.75. The summed E-state index contributed by atoms with van der Waals surface area (Å²) in [6, 6.07) is 0. The first kappa shape index (κ1) is 20.1. The van der Waals surface area contributed by atoms with Crippen LogP contribution in [0.25, 0.3) is 11.1 Å². The van der Waals surface area contributed by atoms with Gasteiger partial charge in [0.2, 0.25) is 0 Å². The van der Waals surface area contributed by atoms with E-state index in [0.717, 1.165) is 36.9 Å². The SMILES string of the molecule is COc1scc(C)c1C1=C(c2c(C)csc2OC)C(F)(F)C(F)(F)C1(F)F. The first-order valence-electron chi connectivity index (χ1n) is 7.57. The van der Waals surface area contributed by atoms with Crippen molar-refractivity contribution >= 4 is 33.8 Å². The average molecular weight is 428 g/mol. The maximum absolute atomic E-state index is 14.8. The molecule has 0 aliphatic heterocycles. The monoisotopic (exact) mass is 428 g/mol. The third kappa shape index (κ3) is 2.45. The van der Waals surface area contributed by atoms with Gasteiger partial charge in [-0.05, 0) is 35.7 Å². The molecule has 0 bridgehead atoms. The molecular weight excluding hydrogens is 414 g/mol. The Hall–Kier alpha value is -1.68. The topological polar surface area (TPSA) is 18.5 Å². The molecule has 2 aromatic rings. The van der Waals surface area contributed by atoms with E-state index in [1.54, 1.807) is 0 Å². The van der Waals surface area contributed by atoms with Gasteiger partial charge < -0.3 is 9.47 Å². The summed E-state index contributed by atoms with van der Waals surface area (Å²) in [6.07, 6.45) is 0. The molecule has 148 valence electrons. The third-order valence-electron chi connectivity index (χ3n) is 4.42. The van der Waals surface area contributed by atoms with E-state index in [1.165, 1.54) is 24.6 Å². The molecule has 0 saturated carbocycles. The Kier molecular flexibility index (Phi) is 4.58. The van der Waals surface area contributed by atoms with Crippen LogP contribution >= 0.6 is 22.7 Å². The summed E-state index contributed by atoms with van der Waals surface area (Å²) in [5.74, 6) is -15.8. The fourth-order valence-corrected chi connectivity index (χ4v) is 4.89. The van der Waals surface area contributed by atoms with Crippen LogP contribution in [-0.4, -0.2) is 32.0 Å². The minimum atomic E-state index is -5.61. The number of rotatable bonds is 4. The lowest BCUT2D eigenvalue weighted by Crippen LogP contribution is -2.49. The van der Waals surface area contributed by atoms with E-state index in [2.05, 4.69) is 0 Å². The Balaban J connectivity index is 2.51. The molecule has 0 N–H and O–H groups in total. The van der Waals surface area contributed by atoms with Crippen molar-refractivity contribution in [3.63, 3.8) is 0 Å². The molecule has 0 saturated heterocycles. The van der Waals surface area contributed by atoms with Crippen molar-refractivity contribution in [1.29, 1.82) is 0 Å². The predicted octanol–water partition coefficient (Wildman–Crippen LogP) is 6.27. The van der Waals surface area contributed by atoms with Crippen LogP contribution in [0.5, 0.6) is 10.1 Å². The third-order valence-corrected chi connectivity index (χ3v) is 6.53. The van der Waals surface area contributed by atoms with E-state index in [-0.39, 0.29) is 21.3 Å². The largest absolute Gasteiger partial charge is 0.487 e. The van der Waals surface area contributed by atoms with E-state index in [4.69, 9.17) is 9.47 Å². The molecule has 3 rings (SSSR count). The summed E-state index contributed by atoms with van der Waals surface area (Å²) >= 11 is 1.74. The van der Waals surface area contributed by atoms with Crippen LogP contribution in [-0.2, 0) is 0 Å². The van der Waals surface area contributed by atoms with Crippen LogP contribution in [0.3, 0.4) is 0 Å². The molecule has 1 aliphatic rings. The van der Waals surface area contributed by atoms with Crippen molar-refractivity contribution in [1.82, 2.24) is 0 Å². The van der Waals surface area contributed by atoms with Gasteiger partial charge in [-0.15, -0.1) is 22.7 Å². The molecule has 0 atom stereocenters. The van der Waals surface area contributed by atoms with Gasteiger partial charge in [0.15, 0.2) is 10.1 Å². The lowest BCUT2D eigenvalue weighted by molar-refractivity contribution is -0.254. The van der Waals surface area contributed by atoms with Crippen molar-refractivity contribution in [3.05, 3.63) is 33.0 Å². The molecule has 0 fully saturated rings. The number of thiophene rings is 2. The standard InChI is InChI=1S/C17H14F6O2S2/c1-7-5-26-13(24-3)9(7)11-12(10-8(2)6-27-14(10)25-4)16(20,21)17(22,23)15(11,18)19/h5-6H,1-4H3. The predicted molar refractivity (Wildman–Crippen MR) is 92.9 cm³/mol. The highest BCUT2D eigenvalue weighted by Crippen LogP contribution is 2.67. The average Bonchev–Trinajstić information content (AvgIpc) is 3.16. The smallest absolute Gasteiger partial charge is 0.380 e. The second-order valence-electron chi connectivity index (χ2n) is 6.04. The number of hydrogen-bond donors (Lipinski definition) is 0. The normalized spacial score (nSPS) is 20.2. The molecule has 1 aliphatic carbocycles. The zero-order valence-electron chi connectivity index (χ0n) is 14.6. The summed E-state index contributed by atoms with van der Waals surface area (Å²) in [7, 11) is 2.32. The molecule has 0 radical (unpaired) electrons. The van der Waals surface area contributed by atoms with Crippen LogP contribution in [0.4, 0.5) is 26.3 Å². The Bertz CT molecular complexity index is 854. The molecule has 2 aromatic heterocycles. The summed E-state index contributed by atoms with van der Waals surface area (Å²) in [5, 5.41) is 2.50. The summed E-state index contributed by atoms with van der Waals surface area (Å²) in [5.41, 5.74) is -3.44. The maximum Gasteiger partial charge on any atom is 0.380 e. The lowest BCUT2D eigenvalue weighted by Gasteiger charge is -2.26. The van der Waals surface area contributed by atoms with E-state index in [9.17, 15) is 26.3 Å². The number of ether oxygens (including phenoxy) is 2. The number of aryl methyl sites for hydroxylation is 2. The van der Waals surface area contributed by atoms with Crippen LogP contribution in [0.1, 0.15) is 22.3 Å². The van der Waals surface area contributed by atoms with E-state index >= 15 is 0 Å². The fraction of sp³-hybridized carbons (Fsp3) is 0.412. The molecule has 2 heterocycles. The Morgan fingerprint density at radius 3 is 1.33 bits per heavy atom. The Morgan fingerprint density at radius 2 is 1.04 bits per heavy atom. The second kappa shape index (κ2) is 6.16.